The van der Waals surface area contributed by atoms with Crippen LogP contribution in [-0.4, -0.2) is 52.6 Å². The Morgan fingerprint density at radius 2 is 1.95 bits per heavy atom. The lowest BCUT2D eigenvalue weighted by Crippen LogP contribution is -2.50. The number of likely N-dealkylation sites (tertiary alicyclic amines) is 1. The third kappa shape index (κ3) is 5.30. The molecule has 19 heavy (non-hydrogen) atoms. The van der Waals surface area contributed by atoms with Gasteiger partial charge in [0.2, 0.25) is 0 Å². The van der Waals surface area contributed by atoms with Crippen LogP contribution in [0.5, 0.6) is 0 Å². The molecule has 1 heterocycles. The molecule has 1 fully saturated rings. The monoisotopic (exact) mass is 288 g/mol. The Hall–Kier alpha value is -0.910. The predicted octanol–water partition coefficient (Wildman–Crippen LogP) is 2.02. The van der Waals surface area contributed by atoms with E-state index >= 15 is 0 Å². The molecule has 2 N–H and O–H groups in total. The molecule has 1 aliphatic heterocycles. The first kappa shape index (κ1) is 16.1. The van der Waals surface area contributed by atoms with Gasteiger partial charge in [0.15, 0.2) is 0 Å². The van der Waals surface area contributed by atoms with E-state index in [4.69, 9.17) is 5.11 Å². The van der Waals surface area contributed by atoms with Gasteiger partial charge in [0.05, 0.1) is 6.42 Å². The van der Waals surface area contributed by atoms with Gasteiger partial charge >= 0.3 is 12.0 Å². The Balaban J connectivity index is 2.46. The third-order valence-electron chi connectivity index (χ3n) is 3.57. The topological polar surface area (TPSA) is 69.6 Å². The number of rotatable bonds is 5. The summed E-state index contributed by atoms with van der Waals surface area (Å²) in [7, 11) is 0. The average molecular weight is 288 g/mol. The van der Waals surface area contributed by atoms with Crippen LogP contribution in [0.4, 0.5) is 4.79 Å². The number of amides is 2. The number of carboxylic acids is 1. The molecule has 1 atom stereocenters. The number of nitrogens with zero attached hydrogens (tertiary/aromatic N) is 1. The van der Waals surface area contributed by atoms with E-state index in [0.29, 0.717) is 5.25 Å². The minimum atomic E-state index is -0.875. The highest BCUT2D eigenvalue weighted by Gasteiger charge is 2.25. The molecule has 0 aromatic carbocycles. The molecule has 110 valence electrons. The molecule has 2 amide bonds. The van der Waals surface area contributed by atoms with Gasteiger partial charge in [-0.15, -0.1) is 0 Å². The summed E-state index contributed by atoms with van der Waals surface area (Å²) < 4.78 is 0. The molecule has 5 nitrogen and oxygen atoms in total. The van der Waals surface area contributed by atoms with E-state index in [2.05, 4.69) is 11.6 Å². The SMILES string of the molecule is CSC1CCN(C(=O)NC(CC(=O)O)C(C)C)CC1. The molecule has 0 aliphatic carbocycles. The highest BCUT2D eigenvalue weighted by Crippen LogP contribution is 2.21. The predicted molar refractivity (Wildman–Crippen MR) is 77.5 cm³/mol. The summed E-state index contributed by atoms with van der Waals surface area (Å²) in [5, 5.41) is 12.3. The zero-order chi connectivity index (χ0) is 14.4. The second-order valence-corrected chi connectivity index (χ2v) is 6.46. The fourth-order valence-corrected chi connectivity index (χ4v) is 2.87. The summed E-state index contributed by atoms with van der Waals surface area (Å²) in [5.41, 5.74) is 0. The minimum absolute atomic E-state index is 0.0231. The van der Waals surface area contributed by atoms with Crippen LogP contribution in [-0.2, 0) is 4.79 Å². The average Bonchev–Trinajstić information content (AvgIpc) is 2.37. The van der Waals surface area contributed by atoms with Crippen LogP contribution in [0.1, 0.15) is 33.1 Å². The lowest BCUT2D eigenvalue weighted by Gasteiger charge is -2.33. The molecule has 0 saturated carbocycles. The second-order valence-electron chi connectivity index (χ2n) is 5.32. The van der Waals surface area contributed by atoms with Crippen molar-refractivity contribution >= 4 is 23.8 Å². The van der Waals surface area contributed by atoms with Crippen molar-refractivity contribution in [1.82, 2.24) is 10.2 Å². The zero-order valence-electron chi connectivity index (χ0n) is 11.9. The van der Waals surface area contributed by atoms with Crippen molar-refractivity contribution in [3.05, 3.63) is 0 Å². The molecule has 6 heteroatoms. The van der Waals surface area contributed by atoms with Crippen LogP contribution in [0, 0.1) is 5.92 Å². The Bertz CT molecular complexity index is 315. The summed E-state index contributed by atoms with van der Waals surface area (Å²) in [6.07, 6.45) is 4.10. The van der Waals surface area contributed by atoms with Crippen molar-refractivity contribution < 1.29 is 14.7 Å². The summed E-state index contributed by atoms with van der Waals surface area (Å²) in [4.78, 5) is 24.7. The molecule has 1 aliphatic rings. The van der Waals surface area contributed by atoms with Gasteiger partial charge in [-0.3, -0.25) is 4.79 Å². The van der Waals surface area contributed by atoms with E-state index in [-0.39, 0.29) is 24.4 Å². The first-order chi connectivity index (χ1) is 8.93. The van der Waals surface area contributed by atoms with Crippen LogP contribution >= 0.6 is 11.8 Å². The molecule has 0 aromatic rings. The summed E-state index contributed by atoms with van der Waals surface area (Å²) in [6, 6.07) is -0.428. The number of aliphatic carboxylic acids is 1. The highest BCUT2D eigenvalue weighted by atomic mass is 32.2. The summed E-state index contributed by atoms with van der Waals surface area (Å²) in [5.74, 6) is -0.760. The number of carboxylic acid groups (broad SMARTS) is 1. The lowest BCUT2D eigenvalue weighted by atomic mass is 10.0. The van der Waals surface area contributed by atoms with Gasteiger partial charge in [-0.2, -0.15) is 11.8 Å². The number of nitrogens with one attached hydrogen (secondary N) is 1. The van der Waals surface area contributed by atoms with Gasteiger partial charge < -0.3 is 15.3 Å². The van der Waals surface area contributed by atoms with Crippen LogP contribution in [0.2, 0.25) is 0 Å². The fraction of sp³-hybridized carbons (Fsp3) is 0.846. The van der Waals surface area contributed by atoms with Crippen LogP contribution < -0.4 is 5.32 Å². The number of urea groups is 1. The van der Waals surface area contributed by atoms with Crippen molar-refractivity contribution in [2.45, 2.75) is 44.4 Å². The number of piperidine rings is 1. The smallest absolute Gasteiger partial charge is 0.317 e. The Morgan fingerprint density at radius 3 is 2.37 bits per heavy atom. The highest BCUT2D eigenvalue weighted by molar-refractivity contribution is 7.99. The van der Waals surface area contributed by atoms with Crippen LogP contribution in [0.25, 0.3) is 0 Å². The van der Waals surface area contributed by atoms with Crippen LogP contribution in [0.3, 0.4) is 0 Å². The van der Waals surface area contributed by atoms with Crippen molar-refractivity contribution in [2.75, 3.05) is 19.3 Å². The maximum Gasteiger partial charge on any atom is 0.317 e. The summed E-state index contributed by atoms with van der Waals surface area (Å²) >= 11 is 1.85. The summed E-state index contributed by atoms with van der Waals surface area (Å²) in [6.45, 7) is 5.37. The molecule has 0 radical (unpaired) electrons. The van der Waals surface area contributed by atoms with Crippen LogP contribution in [0.15, 0.2) is 0 Å². The number of hydrogen-bond donors (Lipinski definition) is 2. The first-order valence-corrected chi connectivity index (χ1v) is 8.02. The number of hydrogen-bond acceptors (Lipinski definition) is 3. The number of thioether (sulfide) groups is 1. The van der Waals surface area contributed by atoms with E-state index in [0.717, 1.165) is 25.9 Å². The van der Waals surface area contributed by atoms with E-state index in [1.165, 1.54) is 0 Å². The Morgan fingerprint density at radius 1 is 1.37 bits per heavy atom. The normalized spacial score (nSPS) is 18.4. The molecule has 1 unspecified atom stereocenters. The fourth-order valence-electron chi connectivity index (χ4n) is 2.19. The Labute approximate surface area is 119 Å². The molecule has 0 spiro atoms. The molecule has 0 aromatic heterocycles. The molecule has 1 saturated heterocycles. The number of carbonyl (C=O) groups excluding carboxylic acids is 1. The van der Waals surface area contributed by atoms with E-state index in [1.807, 2.05) is 25.6 Å². The minimum Gasteiger partial charge on any atom is -0.481 e. The van der Waals surface area contributed by atoms with Gasteiger partial charge in [0.1, 0.15) is 0 Å². The van der Waals surface area contributed by atoms with Gasteiger partial charge in [-0.05, 0) is 25.0 Å². The lowest BCUT2D eigenvalue weighted by molar-refractivity contribution is -0.137. The molecular formula is C13H24N2O3S. The third-order valence-corrected chi connectivity index (χ3v) is 4.71. The van der Waals surface area contributed by atoms with Gasteiger partial charge in [-0.1, -0.05) is 13.8 Å². The molecular weight excluding hydrogens is 264 g/mol. The Kier molecular flexibility index (Phi) is 6.48. The van der Waals surface area contributed by atoms with Crippen molar-refractivity contribution in [1.29, 1.82) is 0 Å². The van der Waals surface area contributed by atoms with Gasteiger partial charge in [-0.25, -0.2) is 4.79 Å². The molecule has 0 bridgehead atoms. The second kappa shape index (κ2) is 7.62. The standard InChI is InChI=1S/C13H24N2O3S/c1-9(2)11(8-12(16)17)14-13(18)15-6-4-10(19-3)5-7-15/h9-11H,4-8H2,1-3H3,(H,14,18)(H,16,17). The zero-order valence-corrected chi connectivity index (χ0v) is 12.7. The van der Waals surface area contributed by atoms with Crippen molar-refractivity contribution in [2.24, 2.45) is 5.92 Å². The quantitative estimate of drug-likeness (QED) is 0.812. The van der Waals surface area contributed by atoms with Gasteiger partial charge in [0.25, 0.3) is 0 Å². The number of carbonyl (C=O) groups is 2. The van der Waals surface area contributed by atoms with Crippen molar-refractivity contribution in [3.63, 3.8) is 0 Å². The first-order valence-electron chi connectivity index (χ1n) is 6.74. The maximum absolute atomic E-state index is 12.1. The van der Waals surface area contributed by atoms with Crippen molar-refractivity contribution in [3.8, 4) is 0 Å². The van der Waals surface area contributed by atoms with E-state index < -0.39 is 5.97 Å². The largest absolute Gasteiger partial charge is 0.481 e. The molecule has 1 rings (SSSR count). The van der Waals surface area contributed by atoms with E-state index in [1.54, 1.807) is 4.90 Å². The maximum atomic E-state index is 12.1. The van der Waals surface area contributed by atoms with E-state index in [9.17, 15) is 9.59 Å². The van der Waals surface area contributed by atoms with Gasteiger partial charge in [0, 0.05) is 24.4 Å².